The Morgan fingerprint density at radius 3 is 2.79 bits per heavy atom. The Hall–Kier alpha value is -2.19. The van der Waals surface area contributed by atoms with Crippen molar-refractivity contribution in [2.75, 3.05) is 25.0 Å². The molecule has 1 aromatic carbocycles. The molecule has 0 radical (unpaired) electrons. The minimum Gasteiger partial charge on any atom is -0.354 e. The molecule has 0 saturated carbocycles. The van der Waals surface area contributed by atoms with Crippen LogP contribution in [0, 0.1) is 0 Å². The van der Waals surface area contributed by atoms with Crippen molar-refractivity contribution in [3.8, 4) is 10.6 Å². The maximum atomic E-state index is 12.4. The molecular weight excluding hydrogens is 429 g/mol. The summed E-state index contributed by atoms with van der Waals surface area (Å²) in [6.07, 6.45) is 3.17. The van der Waals surface area contributed by atoms with Crippen molar-refractivity contribution in [2.24, 2.45) is 5.73 Å². The first-order valence-electron chi connectivity index (χ1n) is 9.16. The van der Waals surface area contributed by atoms with Crippen molar-refractivity contribution in [2.45, 2.75) is 12.8 Å². The highest BCUT2D eigenvalue weighted by Crippen LogP contribution is 2.27. The fourth-order valence-electron chi connectivity index (χ4n) is 2.60. The second-order valence-corrected chi connectivity index (χ2v) is 8.17. The molecule has 0 fully saturated rings. The number of nitrogens with zero attached hydrogens (tertiary/aromatic N) is 2. The summed E-state index contributed by atoms with van der Waals surface area (Å²) in [5.41, 5.74) is 7.21. The van der Waals surface area contributed by atoms with Gasteiger partial charge in [0.25, 0.3) is 5.91 Å². The van der Waals surface area contributed by atoms with E-state index < -0.39 is 0 Å². The van der Waals surface area contributed by atoms with Gasteiger partial charge in [-0.3, -0.25) is 4.79 Å². The van der Waals surface area contributed by atoms with Gasteiger partial charge in [-0.2, -0.15) is 0 Å². The number of carbonyl (C=O) groups is 1. The summed E-state index contributed by atoms with van der Waals surface area (Å²) in [6.45, 7) is 1.81. The summed E-state index contributed by atoms with van der Waals surface area (Å²) in [6, 6.07) is 10.9. The van der Waals surface area contributed by atoms with Crippen molar-refractivity contribution in [3.05, 3.63) is 63.1 Å². The van der Waals surface area contributed by atoms with Crippen LogP contribution in [0.2, 0.25) is 10.0 Å². The third-order valence-electron chi connectivity index (χ3n) is 4.10. The van der Waals surface area contributed by atoms with Crippen LogP contribution in [-0.4, -0.2) is 35.5 Å². The molecule has 152 valence electrons. The minimum absolute atomic E-state index is 0.123. The van der Waals surface area contributed by atoms with Gasteiger partial charge in [0, 0.05) is 29.3 Å². The second kappa shape index (κ2) is 10.5. The van der Waals surface area contributed by atoms with Gasteiger partial charge in [0.15, 0.2) is 0 Å². The molecule has 6 nitrogen and oxygen atoms in total. The number of rotatable bonds is 9. The summed E-state index contributed by atoms with van der Waals surface area (Å²) in [5, 5.41) is 7.26. The van der Waals surface area contributed by atoms with Crippen molar-refractivity contribution in [3.63, 3.8) is 0 Å². The zero-order valence-electron chi connectivity index (χ0n) is 15.6. The zero-order valence-corrected chi connectivity index (χ0v) is 17.9. The van der Waals surface area contributed by atoms with E-state index in [4.69, 9.17) is 28.9 Å². The maximum Gasteiger partial charge on any atom is 0.261 e. The molecule has 3 aromatic rings. The molecule has 3 rings (SSSR count). The van der Waals surface area contributed by atoms with Gasteiger partial charge in [-0.15, -0.1) is 11.3 Å². The lowest BCUT2D eigenvalue weighted by atomic mass is 10.1. The van der Waals surface area contributed by atoms with Crippen molar-refractivity contribution >= 4 is 46.4 Å². The lowest BCUT2D eigenvalue weighted by molar-refractivity contribution is 0.0958. The summed E-state index contributed by atoms with van der Waals surface area (Å²) >= 11 is 13.5. The van der Waals surface area contributed by atoms with Crippen LogP contribution in [-0.2, 0) is 6.42 Å². The predicted octanol–water partition coefficient (Wildman–Crippen LogP) is 4.25. The Kier molecular flexibility index (Phi) is 7.83. The smallest absolute Gasteiger partial charge is 0.261 e. The number of carbonyl (C=O) groups excluding carboxylic acids is 1. The molecule has 0 atom stereocenters. The van der Waals surface area contributed by atoms with Gasteiger partial charge in [-0.1, -0.05) is 29.3 Å². The number of benzene rings is 1. The number of anilines is 1. The average Bonchev–Trinajstić information content (AvgIpc) is 3.20. The van der Waals surface area contributed by atoms with Gasteiger partial charge in [-0.05, 0) is 55.3 Å². The molecule has 29 heavy (non-hydrogen) atoms. The van der Waals surface area contributed by atoms with Gasteiger partial charge in [0.2, 0.25) is 5.95 Å². The van der Waals surface area contributed by atoms with Crippen LogP contribution >= 0.6 is 34.5 Å². The lowest BCUT2D eigenvalue weighted by Crippen LogP contribution is -2.24. The first kappa shape index (κ1) is 21.5. The summed E-state index contributed by atoms with van der Waals surface area (Å²) < 4.78 is 0. The third kappa shape index (κ3) is 6.14. The average molecular weight is 450 g/mol. The Morgan fingerprint density at radius 1 is 1.14 bits per heavy atom. The Balaban J connectivity index is 1.57. The van der Waals surface area contributed by atoms with Crippen molar-refractivity contribution < 1.29 is 4.79 Å². The first-order chi connectivity index (χ1) is 14.1. The van der Waals surface area contributed by atoms with Crippen LogP contribution in [0.15, 0.2) is 42.6 Å². The molecule has 9 heteroatoms. The molecule has 0 aliphatic rings. The number of thiophene rings is 1. The van der Waals surface area contributed by atoms with Gasteiger partial charge in [0.05, 0.1) is 15.4 Å². The number of aromatic nitrogens is 2. The largest absolute Gasteiger partial charge is 0.354 e. The molecule has 0 saturated heterocycles. The summed E-state index contributed by atoms with van der Waals surface area (Å²) in [5.74, 6) is 0.428. The molecule has 2 heterocycles. The molecule has 0 unspecified atom stereocenters. The van der Waals surface area contributed by atoms with E-state index in [1.54, 1.807) is 24.4 Å². The molecule has 0 aliphatic heterocycles. The summed E-state index contributed by atoms with van der Waals surface area (Å²) in [7, 11) is 0. The normalized spacial score (nSPS) is 10.7. The number of hydrogen-bond acceptors (Lipinski definition) is 6. The first-order valence-corrected chi connectivity index (χ1v) is 10.7. The molecule has 1 amide bonds. The van der Waals surface area contributed by atoms with E-state index in [2.05, 4.69) is 20.6 Å². The highest BCUT2D eigenvalue weighted by Gasteiger charge is 2.12. The Labute approximate surface area is 183 Å². The van der Waals surface area contributed by atoms with Gasteiger partial charge < -0.3 is 16.4 Å². The standard InChI is InChI=1S/C20H21Cl2N5OS/c21-14-3-2-13(15(22)12-14)6-10-24-19(28)18-5-4-17(29-18)16-7-11-26-20(27-16)25-9-1-8-23/h2-5,7,11-12H,1,6,8-10,23H2,(H,24,28)(H,25,26,27). The van der Waals surface area contributed by atoms with E-state index in [1.165, 1.54) is 11.3 Å². The van der Waals surface area contributed by atoms with Crippen LogP contribution in [0.5, 0.6) is 0 Å². The third-order valence-corrected chi connectivity index (χ3v) is 5.79. The predicted molar refractivity (Wildman–Crippen MR) is 120 cm³/mol. The van der Waals surface area contributed by atoms with Gasteiger partial charge in [-0.25, -0.2) is 9.97 Å². The van der Waals surface area contributed by atoms with E-state index in [-0.39, 0.29) is 5.91 Å². The quantitative estimate of drug-likeness (QED) is 0.424. The molecule has 4 N–H and O–H groups in total. The molecule has 2 aromatic heterocycles. The number of amides is 1. The minimum atomic E-state index is -0.123. The number of hydrogen-bond donors (Lipinski definition) is 3. The van der Waals surface area contributed by atoms with Gasteiger partial charge in [0.1, 0.15) is 0 Å². The second-order valence-electron chi connectivity index (χ2n) is 6.24. The fraction of sp³-hybridized carbons (Fsp3) is 0.250. The highest BCUT2D eigenvalue weighted by molar-refractivity contribution is 7.17. The summed E-state index contributed by atoms with van der Waals surface area (Å²) in [4.78, 5) is 22.7. The monoisotopic (exact) mass is 449 g/mol. The van der Waals surface area contributed by atoms with Crippen LogP contribution in [0.3, 0.4) is 0 Å². The molecular formula is C20H21Cl2N5OS. The van der Waals surface area contributed by atoms with Crippen molar-refractivity contribution in [1.82, 2.24) is 15.3 Å². The Morgan fingerprint density at radius 2 is 2.00 bits per heavy atom. The van der Waals surface area contributed by atoms with E-state index in [0.717, 1.165) is 29.1 Å². The fourth-order valence-corrected chi connectivity index (χ4v) is 4.00. The Bertz CT molecular complexity index is 979. The lowest BCUT2D eigenvalue weighted by Gasteiger charge is -2.06. The zero-order chi connectivity index (χ0) is 20.6. The van der Waals surface area contributed by atoms with Crippen LogP contribution in [0.1, 0.15) is 21.7 Å². The SMILES string of the molecule is NCCCNc1nccc(-c2ccc(C(=O)NCCc3ccc(Cl)cc3Cl)s2)n1. The van der Waals surface area contributed by atoms with E-state index in [1.807, 2.05) is 18.2 Å². The number of nitrogens with one attached hydrogen (secondary N) is 2. The molecule has 0 bridgehead atoms. The number of nitrogens with two attached hydrogens (primary N) is 1. The molecule has 0 spiro atoms. The van der Waals surface area contributed by atoms with Crippen molar-refractivity contribution in [1.29, 1.82) is 0 Å². The topological polar surface area (TPSA) is 92.9 Å². The van der Waals surface area contributed by atoms with Gasteiger partial charge >= 0.3 is 0 Å². The van der Waals surface area contributed by atoms with E-state index >= 15 is 0 Å². The highest BCUT2D eigenvalue weighted by atomic mass is 35.5. The molecule has 0 aliphatic carbocycles. The van der Waals surface area contributed by atoms with Crippen LogP contribution in [0.4, 0.5) is 5.95 Å². The maximum absolute atomic E-state index is 12.4. The van der Waals surface area contributed by atoms with Crippen LogP contribution < -0.4 is 16.4 Å². The van der Waals surface area contributed by atoms with E-state index in [0.29, 0.717) is 40.4 Å². The van der Waals surface area contributed by atoms with E-state index in [9.17, 15) is 4.79 Å². The van der Waals surface area contributed by atoms with Crippen LogP contribution in [0.25, 0.3) is 10.6 Å². The number of halogens is 2.